The molecule has 0 unspecified atom stereocenters. The summed E-state index contributed by atoms with van der Waals surface area (Å²) in [5, 5.41) is 5.34. The molecule has 0 spiro atoms. The van der Waals surface area contributed by atoms with Gasteiger partial charge in [-0.2, -0.15) is 0 Å². The van der Waals surface area contributed by atoms with Gasteiger partial charge in [-0.25, -0.2) is 0 Å². The molecule has 0 saturated heterocycles. The molecule has 1 aromatic heterocycles. The molecule has 0 amide bonds. The average molecular weight is 585 g/mol. The summed E-state index contributed by atoms with van der Waals surface area (Å²) >= 11 is 0. The summed E-state index contributed by atoms with van der Waals surface area (Å²) in [5.74, 6) is 0. The van der Waals surface area contributed by atoms with Crippen LogP contribution in [0.5, 0.6) is 0 Å². The van der Waals surface area contributed by atoms with Crippen LogP contribution in [0.25, 0.3) is 60.5 Å². The molecule has 3 aliphatic rings. The fourth-order valence-electron chi connectivity index (χ4n) is 9.41. The minimum atomic E-state index is -0.158. The van der Waals surface area contributed by atoms with Crippen LogP contribution >= 0.6 is 0 Å². The van der Waals surface area contributed by atoms with E-state index in [0.717, 1.165) is 0 Å². The third kappa shape index (κ3) is 2.78. The van der Waals surface area contributed by atoms with Gasteiger partial charge in [-0.1, -0.05) is 123 Å². The lowest BCUT2D eigenvalue weighted by molar-refractivity contribution is 0.662. The van der Waals surface area contributed by atoms with Crippen LogP contribution in [0, 0.1) is 0 Å². The number of hydrogen-bond donors (Lipinski definition) is 0. The molecule has 0 fully saturated rings. The SMILES string of the molecule is CC1(C)c2ccccc2-c2ccc3c(c21)-c1c2c4c(c5ccccc15)c1ccccc1n4-c1ccccc1B2N3c1ccccc1. The van der Waals surface area contributed by atoms with Crippen LogP contribution in [-0.2, 0) is 5.41 Å². The molecule has 1 aliphatic carbocycles. The Bertz CT molecular complexity index is 2630. The van der Waals surface area contributed by atoms with Gasteiger partial charge in [0.2, 0.25) is 0 Å². The third-order valence-corrected chi connectivity index (χ3v) is 11.1. The van der Waals surface area contributed by atoms with Crippen molar-refractivity contribution in [1.82, 2.24) is 4.57 Å². The van der Waals surface area contributed by atoms with Crippen LogP contribution in [0.3, 0.4) is 0 Å². The van der Waals surface area contributed by atoms with Crippen LogP contribution in [-0.4, -0.2) is 11.4 Å². The summed E-state index contributed by atoms with van der Waals surface area (Å²) in [6.45, 7) is 4.88. The number of nitrogens with zero attached hydrogens (tertiary/aromatic N) is 2. The summed E-state index contributed by atoms with van der Waals surface area (Å²) in [4.78, 5) is 2.64. The van der Waals surface area contributed by atoms with E-state index >= 15 is 0 Å². The van der Waals surface area contributed by atoms with E-state index < -0.39 is 0 Å². The molecule has 0 saturated carbocycles. The lowest BCUT2D eigenvalue weighted by atomic mass is 9.43. The Kier molecular flexibility index (Phi) is 4.51. The molecule has 7 aromatic carbocycles. The minimum Gasteiger partial charge on any atom is -0.376 e. The van der Waals surface area contributed by atoms with Crippen molar-refractivity contribution in [2.75, 3.05) is 4.81 Å². The number of anilines is 2. The van der Waals surface area contributed by atoms with E-state index in [1.54, 1.807) is 0 Å². The second kappa shape index (κ2) is 8.38. The molecule has 2 nitrogen and oxygen atoms in total. The van der Waals surface area contributed by atoms with Gasteiger partial charge in [-0.3, -0.25) is 0 Å². The van der Waals surface area contributed by atoms with Crippen molar-refractivity contribution in [3.63, 3.8) is 0 Å². The maximum atomic E-state index is 2.64. The summed E-state index contributed by atoms with van der Waals surface area (Å²) in [6, 6.07) is 52.2. The van der Waals surface area contributed by atoms with E-state index in [0.29, 0.717) is 0 Å². The molecule has 8 aromatic rings. The Balaban J connectivity index is 1.44. The van der Waals surface area contributed by atoms with E-state index in [9.17, 15) is 0 Å². The number of hydrogen-bond acceptors (Lipinski definition) is 1. The molecule has 3 heterocycles. The monoisotopic (exact) mass is 584 g/mol. The largest absolute Gasteiger partial charge is 0.376 e. The van der Waals surface area contributed by atoms with Crippen molar-refractivity contribution in [2.24, 2.45) is 0 Å². The first-order chi connectivity index (χ1) is 22.6. The minimum absolute atomic E-state index is 0.0231. The molecule has 0 bridgehead atoms. The highest BCUT2D eigenvalue weighted by Gasteiger charge is 2.48. The summed E-state index contributed by atoms with van der Waals surface area (Å²) in [5.41, 5.74) is 17.3. The zero-order valence-corrected chi connectivity index (χ0v) is 25.8. The molecule has 0 atom stereocenters. The Labute approximate surface area is 268 Å². The van der Waals surface area contributed by atoms with Crippen molar-refractivity contribution in [3.05, 3.63) is 151 Å². The lowest BCUT2D eigenvalue weighted by Gasteiger charge is -2.44. The molecule has 0 radical (unpaired) electrons. The van der Waals surface area contributed by atoms with Crippen molar-refractivity contribution in [3.8, 4) is 27.9 Å². The second-order valence-corrected chi connectivity index (χ2v) is 13.6. The first-order valence-corrected chi connectivity index (χ1v) is 16.3. The Morgan fingerprint density at radius 1 is 0.543 bits per heavy atom. The number of para-hydroxylation sites is 3. The maximum absolute atomic E-state index is 2.64. The number of rotatable bonds is 1. The van der Waals surface area contributed by atoms with Gasteiger partial charge < -0.3 is 9.38 Å². The molecule has 2 aliphatic heterocycles. The van der Waals surface area contributed by atoms with E-state index in [4.69, 9.17) is 0 Å². The van der Waals surface area contributed by atoms with Gasteiger partial charge in [0.15, 0.2) is 0 Å². The molecule has 46 heavy (non-hydrogen) atoms. The van der Waals surface area contributed by atoms with Gasteiger partial charge in [0, 0.05) is 38.8 Å². The van der Waals surface area contributed by atoms with E-state index in [1.165, 1.54) is 93.9 Å². The highest BCUT2D eigenvalue weighted by Crippen LogP contribution is 2.58. The number of benzene rings is 7. The van der Waals surface area contributed by atoms with Crippen LogP contribution in [0.4, 0.5) is 11.4 Å². The Hall–Kier alpha value is -5.54. The summed E-state index contributed by atoms with van der Waals surface area (Å²) in [6.07, 6.45) is 0. The van der Waals surface area contributed by atoms with Crippen LogP contribution in [0.1, 0.15) is 25.0 Å². The fraction of sp³-hybridized carbons (Fsp3) is 0.0698. The van der Waals surface area contributed by atoms with Crippen LogP contribution < -0.4 is 15.7 Å². The van der Waals surface area contributed by atoms with Gasteiger partial charge in [-0.15, -0.1) is 0 Å². The first kappa shape index (κ1) is 24.7. The predicted molar refractivity (Wildman–Crippen MR) is 195 cm³/mol. The molecule has 11 rings (SSSR count). The maximum Gasteiger partial charge on any atom is 0.333 e. The van der Waals surface area contributed by atoms with Crippen LogP contribution in [0.2, 0.25) is 0 Å². The lowest BCUT2D eigenvalue weighted by Crippen LogP contribution is -2.60. The molecule has 0 N–H and O–H groups in total. The molecule has 214 valence electrons. The van der Waals surface area contributed by atoms with Crippen molar-refractivity contribution < 1.29 is 0 Å². The number of aromatic nitrogens is 1. The van der Waals surface area contributed by atoms with Gasteiger partial charge in [0.1, 0.15) is 0 Å². The normalized spacial score (nSPS) is 14.8. The zero-order chi connectivity index (χ0) is 30.3. The smallest absolute Gasteiger partial charge is 0.333 e. The quantitative estimate of drug-likeness (QED) is 0.175. The Morgan fingerprint density at radius 2 is 1.24 bits per heavy atom. The van der Waals surface area contributed by atoms with E-state index in [2.05, 4.69) is 163 Å². The van der Waals surface area contributed by atoms with Crippen molar-refractivity contribution in [1.29, 1.82) is 0 Å². The first-order valence-electron chi connectivity index (χ1n) is 16.3. The predicted octanol–water partition coefficient (Wildman–Crippen LogP) is 9.48. The van der Waals surface area contributed by atoms with Crippen LogP contribution in [0.15, 0.2) is 140 Å². The zero-order valence-electron chi connectivity index (χ0n) is 25.8. The molecular formula is C43H29BN2. The molecular weight excluding hydrogens is 555 g/mol. The molecule has 3 heteroatoms. The fourth-order valence-corrected chi connectivity index (χ4v) is 9.41. The summed E-state index contributed by atoms with van der Waals surface area (Å²) in [7, 11) is 0. The van der Waals surface area contributed by atoms with Gasteiger partial charge in [0.05, 0.1) is 11.0 Å². The number of fused-ring (bicyclic) bond motifs is 15. The van der Waals surface area contributed by atoms with E-state index in [-0.39, 0.29) is 12.3 Å². The average Bonchev–Trinajstić information content (AvgIpc) is 3.58. The van der Waals surface area contributed by atoms with Gasteiger partial charge in [-0.05, 0) is 79.8 Å². The van der Waals surface area contributed by atoms with Gasteiger partial charge >= 0.3 is 6.85 Å². The standard InChI is InChI=1S/C43H29BN2/c1-43(2)32-20-10-8-16-27(32)30-24-25-36-39(40(30)43)38-29-18-7-6-17-28(29)37-31-19-9-12-22-34(31)45-35-23-13-11-21-33(35)44(41(38)42(37)45)46(36)26-14-4-3-5-15-26/h3-25H,1-2H3. The van der Waals surface area contributed by atoms with Crippen molar-refractivity contribution >= 4 is 61.7 Å². The highest BCUT2D eigenvalue weighted by molar-refractivity contribution is 6.94. The van der Waals surface area contributed by atoms with E-state index in [1.807, 2.05) is 0 Å². The third-order valence-electron chi connectivity index (χ3n) is 11.1. The van der Waals surface area contributed by atoms with Crippen molar-refractivity contribution in [2.45, 2.75) is 19.3 Å². The van der Waals surface area contributed by atoms with Gasteiger partial charge in [0.25, 0.3) is 0 Å². The highest BCUT2D eigenvalue weighted by atomic mass is 15.1. The topological polar surface area (TPSA) is 8.17 Å². The Morgan fingerprint density at radius 3 is 2.11 bits per heavy atom. The summed E-state index contributed by atoms with van der Waals surface area (Å²) < 4.78 is 2.57. The second-order valence-electron chi connectivity index (χ2n) is 13.6.